The van der Waals surface area contributed by atoms with Gasteiger partial charge in [0.05, 0.1) is 19.2 Å². The Morgan fingerprint density at radius 1 is 1.30 bits per heavy atom. The second kappa shape index (κ2) is 8.28. The maximum Gasteiger partial charge on any atom is 0.266 e. The first-order valence-electron chi connectivity index (χ1n) is 9.52. The number of carbonyl (C=O) groups excluding carboxylic acids is 2. The molecular formula is C22H22N4O4. The van der Waals surface area contributed by atoms with E-state index in [0.29, 0.717) is 23.0 Å². The monoisotopic (exact) mass is 406 g/mol. The zero-order valence-electron chi connectivity index (χ0n) is 16.7. The Bertz CT molecular complexity index is 1080. The van der Waals surface area contributed by atoms with Gasteiger partial charge in [-0.1, -0.05) is 24.3 Å². The number of benzene rings is 2. The summed E-state index contributed by atoms with van der Waals surface area (Å²) in [5, 5.41) is 5.76. The van der Waals surface area contributed by atoms with E-state index in [4.69, 9.17) is 9.47 Å². The van der Waals surface area contributed by atoms with Crippen molar-refractivity contribution < 1.29 is 19.1 Å². The summed E-state index contributed by atoms with van der Waals surface area (Å²) in [5.74, 6) is 1.20. The second-order valence-electron chi connectivity index (χ2n) is 6.97. The van der Waals surface area contributed by atoms with E-state index in [1.807, 2.05) is 48.1 Å². The van der Waals surface area contributed by atoms with Crippen molar-refractivity contribution >= 4 is 17.5 Å². The zero-order valence-corrected chi connectivity index (χ0v) is 16.7. The van der Waals surface area contributed by atoms with Crippen molar-refractivity contribution in [2.75, 3.05) is 12.4 Å². The number of aromatic nitrogens is 2. The summed E-state index contributed by atoms with van der Waals surface area (Å²) in [6.45, 7) is 0. The minimum atomic E-state index is -0.910. The van der Waals surface area contributed by atoms with Gasteiger partial charge in [-0.25, -0.2) is 4.98 Å². The molecule has 0 saturated carbocycles. The number of nitrogens with zero attached hydrogens (tertiary/aromatic N) is 2. The zero-order chi connectivity index (χ0) is 21.1. The predicted octanol–water partition coefficient (Wildman–Crippen LogP) is 2.42. The Hall–Kier alpha value is -3.81. The van der Waals surface area contributed by atoms with E-state index < -0.39 is 12.1 Å². The number of imidazole rings is 1. The number of carbonyl (C=O) groups is 2. The Balaban J connectivity index is 1.54. The summed E-state index contributed by atoms with van der Waals surface area (Å²) < 4.78 is 12.9. The lowest BCUT2D eigenvalue weighted by molar-refractivity contribution is -0.130. The van der Waals surface area contributed by atoms with Gasteiger partial charge >= 0.3 is 0 Å². The van der Waals surface area contributed by atoms with E-state index in [1.54, 1.807) is 31.5 Å². The van der Waals surface area contributed by atoms with Crippen LogP contribution in [0.5, 0.6) is 11.5 Å². The quantitative estimate of drug-likeness (QED) is 0.656. The summed E-state index contributed by atoms with van der Waals surface area (Å²) in [4.78, 5) is 29.6. The molecular weight excluding hydrogens is 384 g/mol. The number of hydrogen-bond donors (Lipinski definition) is 2. The first-order chi connectivity index (χ1) is 14.5. The number of anilines is 1. The lowest BCUT2D eigenvalue weighted by Crippen LogP contribution is -2.42. The highest BCUT2D eigenvalue weighted by molar-refractivity contribution is 6.00. The van der Waals surface area contributed by atoms with Gasteiger partial charge in [-0.15, -0.1) is 0 Å². The molecule has 2 atom stereocenters. The van der Waals surface area contributed by atoms with Crippen LogP contribution in [0.25, 0.3) is 0 Å². The van der Waals surface area contributed by atoms with E-state index in [2.05, 4.69) is 15.6 Å². The number of nitrogens with one attached hydrogen (secondary N) is 2. The summed E-state index contributed by atoms with van der Waals surface area (Å²) >= 11 is 0. The highest BCUT2D eigenvalue weighted by Gasteiger charge is 2.31. The molecule has 8 heteroatoms. The fraction of sp³-hybridized carbons (Fsp3) is 0.227. The molecule has 0 radical (unpaired) electrons. The maximum absolute atomic E-state index is 12.9. The molecule has 0 saturated heterocycles. The highest BCUT2D eigenvalue weighted by atomic mass is 16.5. The van der Waals surface area contributed by atoms with Crippen LogP contribution in [0.15, 0.2) is 60.9 Å². The van der Waals surface area contributed by atoms with Crippen molar-refractivity contribution in [1.29, 1.82) is 0 Å². The number of rotatable bonds is 6. The van der Waals surface area contributed by atoms with Crippen molar-refractivity contribution in [3.05, 3.63) is 72.3 Å². The molecule has 2 heterocycles. The standard InChI is InChI=1S/C22H22N4O4/c1-26-11-10-23-21(26)20(14-6-5-7-15(12-14)29-2)25-19(27)13-18-22(28)24-16-8-3-4-9-17(16)30-18/h3-12,18,20H,13H2,1-2H3,(H,24,28)(H,25,27). The third-order valence-electron chi connectivity index (χ3n) is 4.93. The molecule has 0 bridgehead atoms. The topological polar surface area (TPSA) is 94.5 Å². The van der Waals surface area contributed by atoms with Gasteiger partial charge in [0.2, 0.25) is 5.91 Å². The van der Waals surface area contributed by atoms with Crippen LogP contribution < -0.4 is 20.1 Å². The predicted molar refractivity (Wildman–Crippen MR) is 110 cm³/mol. The van der Waals surface area contributed by atoms with E-state index in [0.717, 1.165) is 5.56 Å². The molecule has 1 aliphatic heterocycles. The van der Waals surface area contributed by atoms with E-state index in [-0.39, 0.29) is 18.2 Å². The van der Waals surface area contributed by atoms with Crippen LogP contribution in [0.3, 0.4) is 0 Å². The molecule has 1 aliphatic rings. The number of ether oxygens (including phenoxy) is 2. The van der Waals surface area contributed by atoms with Crippen LogP contribution in [0, 0.1) is 0 Å². The van der Waals surface area contributed by atoms with Crippen LogP contribution in [0.4, 0.5) is 5.69 Å². The molecule has 3 aromatic rings. The Labute approximate surface area is 173 Å². The molecule has 30 heavy (non-hydrogen) atoms. The Morgan fingerprint density at radius 2 is 2.13 bits per heavy atom. The lowest BCUT2D eigenvalue weighted by Gasteiger charge is -2.26. The summed E-state index contributed by atoms with van der Waals surface area (Å²) in [6.07, 6.45) is 2.45. The number of para-hydroxylation sites is 2. The summed E-state index contributed by atoms with van der Waals surface area (Å²) in [6, 6.07) is 14.0. The van der Waals surface area contributed by atoms with Crippen LogP contribution in [-0.4, -0.2) is 34.6 Å². The fourth-order valence-corrected chi connectivity index (χ4v) is 3.39. The van der Waals surface area contributed by atoms with Crippen molar-refractivity contribution in [1.82, 2.24) is 14.9 Å². The molecule has 0 spiro atoms. The van der Waals surface area contributed by atoms with Crippen molar-refractivity contribution in [3.63, 3.8) is 0 Å². The average Bonchev–Trinajstić information content (AvgIpc) is 3.18. The first kappa shape index (κ1) is 19.5. The van der Waals surface area contributed by atoms with Gasteiger partial charge in [0.1, 0.15) is 23.4 Å². The molecule has 2 aromatic carbocycles. The molecule has 154 valence electrons. The Kier molecular flexibility index (Phi) is 5.38. The van der Waals surface area contributed by atoms with Crippen LogP contribution in [-0.2, 0) is 16.6 Å². The van der Waals surface area contributed by atoms with Gasteiger partial charge in [0, 0.05) is 19.4 Å². The third-order valence-corrected chi connectivity index (χ3v) is 4.93. The van der Waals surface area contributed by atoms with Crippen LogP contribution in [0.1, 0.15) is 23.9 Å². The fourth-order valence-electron chi connectivity index (χ4n) is 3.39. The largest absolute Gasteiger partial charge is 0.497 e. The summed E-state index contributed by atoms with van der Waals surface area (Å²) in [5.41, 5.74) is 1.41. The number of methoxy groups -OCH3 is 1. The van der Waals surface area contributed by atoms with Crippen LogP contribution in [0.2, 0.25) is 0 Å². The normalized spacial score (nSPS) is 16.1. The number of hydrogen-bond acceptors (Lipinski definition) is 5. The molecule has 8 nitrogen and oxygen atoms in total. The summed E-state index contributed by atoms with van der Waals surface area (Å²) in [7, 11) is 3.45. The van der Waals surface area contributed by atoms with Gasteiger partial charge in [0.15, 0.2) is 6.10 Å². The van der Waals surface area contributed by atoms with Crippen molar-refractivity contribution in [2.45, 2.75) is 18.6 Å². The van der Waals surface area contributed by atoms with Crippen molar-refractivity contribution in [3.8, 4) is 11.5 Å². The van der Waals surface area contributed by atoms with E-state index in [1.165, 1.54) is 0 Å². The number of amides is 2. The maximum atomic E-state index is 12.9. The minimum Gasteiger partial charge on any atom is -0.497 e. The van der Waals surface area contributed by atoms with Gasteiger partial charge in [-0.05, 0) is 29.8 Å². The average molecular weight is 406 g/mol. The molecule has 2 N–H and O–H groups in total. The van der Waals surface area contributed by atoms with Gasteiger partial charge in [-0.3, -0.25) is 9.59 Å². The molecule has 1 aromatic heterocycles. The lowest BCUT2D eigenvalue weighted by atomic mass is 10.0. The number of aryl methyl sites for hydroxylation is 1. The smallest absolute Gasteiger partial charge is 0.266 e. The van der Waals surface area contributed by atoms with E-state index in [9.17, 15) is 9.59 Å². The number of fused-ring (bicyclic) bond motifs is 1. The Morgan fingerprint density at radius 3 is 2.90 bits per heavy atom. The van der Waals surface area contributed by atoms with Gasteiger partial charge in [0.25, 0.3) is 5.91 Å². The third kappa shape index (κ3) is 3.98. The minimum absolute atomic E-state index is 0.120. The second-order valence-corrected chi connectivity index (χ2v) is 6.97. The van der Waals surface area contributed by atoms with Crippen LogP contribution >= 0.6 is 0 Å². The molecule has 0 fully saturated rings. The molecule has 2 unspecified atom stereocenters. The van der Waals surface area contributed by atoms with Gasteiger partial charge in [-0.2, -0.15) is 0 Å². The molecule has 4 rings (SSSR count). The SMILES string of the molecule is COc1cccc(C(NC(=O)CC2Oc3ccccc3NC2=O)c2nccn2C)c1. The first-order valence-corrected chi connectivity index (χ1v) is 9.52. The van der Waals surface area contributed by atoms with Crippen molar-refractivity contribution in [2.24, 2.45) is 7.05 Å². The van der Waals surface area contributed by atoms with Gasteiger partial charge < -0.3 is 24.7 Å². The van der Waals surface area contributed by atoms with E-state index >= 15 is 0 Å². The molecule has 0 aliphatic carbocycles. The highest BCUT2D eigenvalue weighted by Crippen LogP contribution is 2.30. The molecule has 2 amide bonds.